The van der Waals surface area contributed by atoms with Crippen LogP contribution in [-0.2, 0) is 0 Å². The summed E-state index contributed by atoms with van der Waals surface area (Å²) in [5.41, 5.74) is 4.55. The lowest BCUT2D eigenvalue weighted by Gasteiger charge is -2.10. The number of pyridine rings is 1. The molecule has 1 aromatic heterocycles. The molecule has 0 amide bonds. The zero-order valence-corrected chi connectivity index (χ0v) is 10.9. The summed E-state index contributed by atoms with van der Waals surface area (Å²) < 4.78 is 0. The second-order valence-corrected chi connectivity index (χ2v) is 4.49. The van der Waals surface area contributed by atoms with Crippen molar-refractivity contribution in [3.63, 3.8) is 0 Å². The minimum absolute atomic E-state index is 0.701. The standard InChI is InChI=1S/C18H13NO/c20-13-18-16(14-6-2-1-3-7-14)9-4-10-17(18)15-8-5-11-19-12-15/h1-13H. The maximum Gasteiger partial charge on any atom is 0.151 e. The number of benzene rings is 2. The molecule has 0 unspecified atom stereocenters. The highest BCUT2D eigenvalue weighted by Gasteiger charge is 2.10. The Kier molecular flexibility index (Phi) is 3.38. The van der Waals surface area contributed by atoms with Crippen molar-refractivity contribution in [3.05, 3.63) is 78.6 Å². The molecule has 2 aromatic carbocycles. The summed E-state index contributed by atoms with van der Waals surface area (Å²) >= 11 is 0. The van der Waals surface area contributed by atoms with Crippen LogP contribution in [0.25, 0.3) is 22.3 Å². The normalized spacial score (nSPS) is 10.2. The fourth-order valence-electron chi connectivity index (χ4n) is 2.34. The molecular formula is C18H13NO. The van der Waals surface area contributed by atoms with Gasteiger partial charge in [-0.05, 0) is 22.8 Å². The highest BCUT2D eigenvalue weighted by Crippen LogP contribution is 2.30. The van der Waals surface area contributed by atoms with Gasteiger partial charge in [0.1, 0.15) is 0 Å². The van der Waals surface area contributed by atoms with E-state index in [4.69, 9.17) is 0 Å². The lowest BCUT2D eigenvalue weighted by molar-refractivity contribution is 0.112. The highest BCUT2D eigenvalue weighted by atomic mass is 16.1. The minimum atomic E-state index is 0.701. The molecule has 0 atom stereocenters. The smallest absolute Gasteiger partial charge is 0.151 e. The molecule has 0 saturated heterocycles. The summed E-state index contributed by atoms with van der Waals surface area (Å²) in [5, 5.41) is 0. The van der Waals surface area contributed by atoms with E-state index in [2.05, 4.69) is 4.98 Å². The molecular weight excluding hydrogens is 246 g/mol. The summed E-state index contributed by atoms with van der Waals surface area (Å²) in [4.78, 5) is 15.7. The maximum atomic E-state index is 11.6. The van der Waals surface area contributed by atoms with E-state index in [1.807, 2.05) is 60.7 Å². The van der Waals surface area contributed by atoms with Crippen LogP contribution < -0.4 is 0 Å². The average molecular weight is 259 g/mol. The van der Waals surface area contributed by atoms with Gasteiger partial charge in [0.25, 0.3) is 0 Å². The molecule has 20 heavy (non-hydrogen) atoms. The average Bonchev–Trinajstić information content (AvgIpc) is 2.55. The molecule has 0 N–H and O–H groups in total. The first-order valence-corrected chi connectivity index (χ1v) is 6.44. The predicted molar refractivity (Wildman–Crippen MR) is 80.5 cm³/mol. The Labute approximate surface area is 117 Å². The first-order valence-electron chi connectivity index (χ1n) is 6.44. The SMILES string of the molecule is O=Cc1c(-c2ccccc2)cccc1-c1cccnc1. The second kappa shape index (κ2) is 5.49. The van der Waals surface area contributed by atoms with Crippen LogP contribution in [0.4, 0.5) is 0 Å². The van der Waals surface area contributed by atoms with Gasteiger partial charge in [-0.1, -0.05) is 54.6 Å². The number of hydrogen-bond acceptors (Lipinski definition) is 2. The molecule has 0 radical (unpaired) electrons. The molecule has 0 bridgehead atoms. The number of carbonyl (C=O) groups excluding carboxylic acids is 1. The molecule has 0 spiro atoms. The second-order valence-electron chi connectivity index (χ2n) is 4.49. The van der Waals surface area contributed by atoms with Gasteiger partial charge < -0.3 is 0 Å². The molecule has 2 nitrogen and oxygen atoms in total. The van der Waals surface area contributed by atoms with E-state index >= 15 is 0 Å². The Morgan fingerprint density at radius 2 is 1.45 bits per heavy atom. The molecule has 0 aliphatic rings. The molecule has 1 heterocycles. The molecule has 2 heteroatoms. The van der Waals surface area contributed by atoms with E-state index in [-0.39, 0.29) is 0 Å². The van der Waals surface area contributed by atoms with Crippen molar-refractivity contribution < 1.29 is 4.79 Å². The lowest BCUT2D eigenvalue weighted by Crippen LogP contribution is -1.92. The third-order valence-electron chi connectivity index (χ3n) is 3.28. The Bertz CT molecular complexity index is 663. The Morgan fingerprint density at radius 3 is 2.10 bits per heavy atom. The van der Waals surface area contributed by atoms with Gasteiger partial charge in [0.2, 0.25) is 0 Å². The predicted octanol–water partition coefficient (Wildman–Crippen LogP) is 4.23. The lowest BCUT2D eigenvalue weighted by atomic mass is 9.93. The van der Waals surface area contributed by atoms with Crippen LogP contribution in [0, 0.1) is 0 Å². The summed E-state index contributed by atoms with van der Waals surface area (Å²) in [6.45, 7) is 0. The Hall–Kier alpha value is -2.74. The van der Waals surface area contributed by atoms with Crippen LogP contribution in [0.15, 0.2) is 73.1 Å². The van der Waals surface area contributed by atoms with Crippen molar-refractivity contribution in [2.24, 2.45) is 0 Å². The van der Waals surface area contributed by atoms with Crippen LogP contribution in [0.5, 0.6) is 0 Å². The van der Waals surface area contributed by atoms with Crippen LogP contribution in [0.1, 0.15) is 10.4 Å². The molecule has 0 saturated carbocycles. The molecule has 0 aliphatic carbocycles. The van der Waals surface area contributed by atoms with Gasteiger partial charge in [-0.3, -0.25) is 9.78 Å². The molecule has 3 aromatic rings. The summed E-state index contributed by atoms with van der Waals surface area (Å²) in [6, 6.07) is 19.7. The molecule has 0 fully saturated rings. The largest absolute Gasteiger partial charge is 0.298 e. The van der Waals surface area contributed by atoms with Gasteiger partial charge in [0.05, 0.1) is 0 Å². The zero-order chi connectivity index (χ0) is 13.8. The van der Waals surface area contributed by atoms with Crippen LogP contribution in [-0.4, -0.2) is 11.3 Å². The van der Waals surface area contributed by atoms with E-state index in [0.29, 0.717) is 5.56 Å². The summed E-state index contributed by atoms with van der Waals surface area (Å²) in [7, 11) is 0. The van der Waals surface area contributed by atoms with Crippen LogP contribution >= 0.6 is 0 Å². The minimum Gasteiger partial charge on any atom is -0.298 e. The quantitative estimate of drug-likeness (QED) is 0.659. The van der Waals surface area contributed by atoms with E-state index < -0.39 is 0 Å². The van der Waals surface area contributed by atoms with Crippen molar-refractivity contribution in [2.75, 3.05) is 0 Å². The van der Waals surface area contributed by atoms with Gasteiger partial charge in [-0.15, -0.1) is 0 Å². The van der Waals surface area contributed by atoms with Gasteiger partial charge in [-0.25, -0.2) is 0 Å². The Morgan fingerprint density at radius 1 is 0.750 bits per heavy atom. The third kappa shape index (κ3) is 2.24. The molecule has 0 aliphatic heterocycles. The Balaban J connectivity index is 2.22. The fourth-order valence-corrected chi connectivity index (χ4v) is 2.34. The number of hydrogen-bond donors (Lipinski definition) is 0. The van der Waals surface area contributed by atoms with E-state index in [1.165, 1.54) is 0 Å². The van der Waals surface area contributed by atoms with Crippen molar-refractivity contribution in [3.8, 4) is 22.3 Å². The van der Waals surface area contributed by atoms with Gasteiger partial charge in [-0.2, -0.15) is 0 Å². The first kappa shape index (κ1) is 12.3. The molecule has 96 valence electrons. The monoisotopic (exact) mass is 259 g/mol. The van der Waals surface area contributed by atoms with Crippen molar-refractivity contribution >= 4 is 6.29 Å². The number of rotatable bonds is 3. The first-order chi connectivity index (χ1) is 9.90. The van der Waals surface area contributed by atoms with Crippen LogP contribution in [0.3, 0.4) is 0 Å². The highest BCUT2D eigenvalue weighted by molar-refractivity contribution is 5.96. The van der Waals surface area contributed by atoms with Crippen molar-refractivity contribution in [1.29, 1.82) is 0 Å². The van der Waals surface area contributed by atoms with E-state index in [0.717, 1.165) is 28.5 Å². The summed E-state index contributed by atoms with van der Waals surface area (Å²) in [6.07, 6.45) is 4.42. The topological polar surface area (TPSA) is 30.0 Å². The number of aromatic nitrogens is 1. The zero-order valence-electron chi connectivity index (χ0n) is 10.9. The molecule has 3 rings (SSSR count). The van der Waals surface area contributed by atoms with Crippen molar-refractivity contribution in [1.82, 2.24) is 4.98 Å². The number of carbonyl (C=O) groups is 1. The van der Waals surface area contributed by atoms with Crippen LogP contribution in [0.2, 0.25) is 0 Å². The maximum absolute atomic E-state index is 11.6. The fraction of sp³-hybridized carbons (Fsp3) is 0. The van der Waals surface area contributed by atoms with E-state index in [1.54, 1.807) is 12.4 Å². The number of nitrogens with zero attached hydrogens (tertiary/aromatic N) is 1. The van der Waals surface area contributed by atoms with E-state index in [9.17, 15) is 4.79 Å². The van der Waals surface area contributed by atoms with Gasteiger partial charge in [0, 0.05) is 23.5 Å². The van der Waals surface area contributed by atoms with Crippen molar-refractivity contribution in [2.45, 2.75) is 0 Å². The summed E-state index contributed by atoms with van der Waals surface area (Å²) in [5.74, 6) is 0. The third-order valence-corrected chi connectivity index (χ3v) is 3.28. The number of aldehydes is 1. The van der Waals surface area contributed by atoms with Gasteiger partial charge in [0.15, 0.2) is 6.29 Å². The van der Waals surface area contributed by atoms with Gasteiger partial charge >= 0.3 is 0 Å².